The van der Waals surface area contributed by atoms with Gasteiger partial charge < -0.3 is 15.2 Å². The van der Waals surface area contributed by atoms with Crippen LogP contribution in [-0.2, 0) is 29.5 Å². The number of carboxylic acids is 2. The number of carboxylic acid groups (broad SMARTS) is 2. The highest BCUT2D eigenvalue weighted by molar-refractivity contribution is 5.92. The van der Waals surface area contributed by atoms with E-state index < -0.39 is 11.9 Å². The molecule has 1 unspecified atom stereocenters. The summed E-state index contributed by atoms with van der Waals surface area (Å²) in [5.41, 5.74) is 3.23. The van der Waals surface area contributed by atoms with Gasteiger partial charge in [0.15, 0.2) is 0 Å². The van der Waals surface area contributed by atoms with E-state index in [9.17, 15) is 19.2 Å². The first-order valence-electron chi connectivity index (χ1n) is 9.15. The number of carbonyl (C=O) groups is 3. The van der Waals surface area contributed by atoms with Crippen molar-refractivity contribution in [2.75, 3.05) is 0 Å². The normalized spacial score (nSPS) is 15.4. The number of benzene rings is 1. The summed E-state index contributed by atoms with van der Waals surface area (Å²) < 4.78 is 2.85. The van der Waals surface area contributed by atoms with Gasteiger partial charge in [0.2, 0.25) is 5.91 Å². The Morgan fingerprint density at radius 1 is 1.13 bits per heavy atom. The fourth-order valence-corrected chi connectivity index (χ4v) is 3.44. The summed E-state index contributed by atoms with van der Waals surface area (Å²) in [5.74, 6) is -2.82. The number of hydrogen-bond donors (Lipinski definition) is 3. The van der Waals surface area contributed by atoms with Crippen molar-refractivity contribution in [1.82, 2.24) is 19.1 Å². The Morgan fingerprint density at radius 3 is 2.40 bits per heavy atom. The molecule has 4 rings (SSSR count). The third-order valence-corrected chi connectivity index (χ3v) is 4.89. The van der Waals surface area contributed by atoms with Crippen LogP contribution in [0.2, 0.25) is 0 Å². The van der Waals surface area contributed by atoms with E-state index in [1.54, 1.807) is 13.4 Å². The number of aliphatic carboxylic acids is 2. The van der Waals surface area contributed by atoms with E-state index in [0.717, 1.165) is 29.7 Å². The monoisotopic (exact) mass is 412 g/mol. The van der Waals surface area contributed by atoms with E-state index in [-0.39, 0.29) is 17.5 Å². The van der Waals surface area contributed by atoms with Gasteiger partial charge in [-0.15, -0.1) is 0 Å². The summed E-state index contributed by atoms with van der Waals surface area (Å²) in [5, 5.41) is 15.6. The first-order chi connectivity index (χ1) is 14.3. The minimum Gasteiger partial charge on any atom is -0.478 e. The Hall–Kier alpha value is -3.95. The molecule has 0 bridgehead atoms. The van der Waals surface area contributed by atoms with Gasteiger partial charge in [0.25, 0.3) is 0 Å². The van der Waals surface area contributed by atoms with Gasteiger partial charge in [-0.1, -0.05) is 12.1 Å². The van der Waals surface area contributed by atoms with Crippen LogP contribution in [0.5, 0.6) is 0 Å². The van der Waals surface area contributed by atoms with Crippen LogP contribution in [0.15, 0.2) is 47.5 Å². The molecule has 1 aliphatic rings. The molecule has 0 aliphatic heterocycles. The Bertz CT molecular complexity index is 1180. The summed E-state index contributed by atoms with van der Waals surface area (Å²) in [7, 11) is 1.70. The van der Waals surface area contributed by atoms with E-state index in [2.05, 4.69) is 9.97 Å². The summed E-state index contributed by atoms with van der Waals surface area (Å²) in [6.07, 6.45) is 4.90. The Morgan fingerprint density at radius 2 is 1.77 bits per heavy atom. The van der Waals surface area contributed by atoms with Crippen LogP contribution in [0, 0.1) is 5.92 Å². The highest BCUT2D eigenvalue weighted by Crippen LogP contribution is 2.25. The van der Waals surface area contributed by atoms with Gasteiger partial charge in [0.05, 0.1) is 23.1 Å². The number of aromatic amines is 1. The lowest BCUT2D eigenvalue weighted by atomic mass is 9.89. The van der Waals surface area contributed by atoms with Gasteiger partial charge >= 0.3 is 17.6 Å². The molecule has 0 spiro atoms. The van der Waals surface area contributed by atoms with E-state index in [1.807, 2.05) is 24.3 Å². The van der Waals surface area contributed by atoms with Crippen LogP contribution in [0.4, 0.5) is 0 Å². The van der Waals surface area contributed by atoms with Gasteiger partial charge in [-0.2, -0.15) is 0 Å². The number of fused-ring (bicyclic) bond motifs is 2. The largest absolute Gasteiger partial charge is 0.478 e. The molecule has 1 aromatic carbocycles. The van der Waals surface area contributed by atoms with Crippen LogP contribution in [-0.4, -0.2) is 47.2 Å². The number of carbonyl (C=O) groups excluding carboxylic acids is 1. The van der Waals surface area contributed by atoms with Crippen LogP contribution in [0.1, 0.15) is 22.6 Å². The minimum absolute atomic E-state index is 0.123. The predicted molar refractivity (Wildman–Crippen MR) is 106 cm³/mol. The molecule has 1 atom stereocenters. The van der Waals surface area contributed by atoms with Crippen molar-refractivity contribution in [1.29, 1.82) is 0 Å². The van der Waals surface area contributed by atoms with Crippen molar-refractivity contribution in [3.05, 3.63) is 64.6 Å². The van der Waals surface area contributed by atoms with Crippen molar-refractivity contribution in [3.63, 3.8) is 0 Å². The van der Waals surface area contributed by atoms with Crippen LogP contribution in [0.25, 0.3) is 11.0 Å². The van der Waals surface area contributed by atoms with Gasteiger partial charge in [-0.25, -0.2) is 23.9 Å². The molecule has 3 aromatic rings. The zero-order chi connectivity index (χ0) is 21.8. The number of imidazole rings is 2. The lowest BCUT2D eigenvalue weighted by Gasteiger charge is -2.20. The molecule has 10 nitrogen and oxygen atoms in total. The average molecular weight is 412 g/mol. The first-order valence-corrected chi connectivity index (χ1v) is 9.15. The van der Waals surface area contributed by atoms with Crippen molar-refractivity contribution >= 4 is 28.9 Å². The standard InChI is InChI=1S/C16H16N4O2.C4H4O4/c1-19-13-4-2-3-5-14(13)20(16(19)22)15(21)10-6-7-11-12(8-10)18-9-17-11;5-3(6)1-2-4(7)8/h2-5,9-10H,6-8H2,1H3,(H,17,18);1-2H,(H,5,6)(H,7,8). The molecular weight excluding hydrogens is 392 g/mol. The molecule has 156 valence electrons. The molecule has 0 saturated heterocycles. The number of para-hydroxylation sites is 2. The Balaban J connectivity index is 0.000000275. The van der Waals surface area contributed by atoms with Crippen molar-refractivity contribution in [2.24, 2.45) is 13.0 Å². The fourth-order valence-electron chi connectivity index (χ4n) is 3.44. The summed E-state index contributed by atoms with van der Waals surface area (Å²) in [6, 6.07) is 7.39. The number of aryl methyl sites for hydroxylation is 2. The van der Waals surface area contributed by atoms with Gasteiger partial charge in [-0.3, -0.25) is 9.36 Å². The van der Waals surface area contributed by atoms with Gasteiger partial charge in [0.1, 0.15) is 0 Å². The smallest absolute Gasteiger partial charge is 0.335 e. The maximum Gasteiger partial charge on any atom is 0.335 e. The second kappa shape index (κ2) is 8.60. The summed E-state index contributed by atoms with van der Waals surface area (Å²) in [6.45, 7) is 0. The fraction of sp³-hybridized carbons (Fsp3) is 0.250. The maximum atomic E-state index is 12.9. The lowest BCUT2D eigenvalue weighted by molar-refractivity contribution is -0.134. The summed E-state index contributed by atoms with van der Waals surface area (Å²) in [4.78, 5) is 51.8. The molecule has 10 heteroatoms. The molecule has 2 aromatic heterocycles. The second-order valence-corrected chi connectivity index (χ2v) is 6.78. The van der Waals surface area contributed by atoms with E-state index in [4.69, 9.17) is 10.2 Å². The third kappa shape index (κ3) is 4.22. The van der Waals surface area contributed by atoms with Crippen molar-refractivity contribution in [3.8, 4) is 0 Å². The number of H-pyrrole nitrogens is 1. The van der Waals surface area contributed by atoms with Crippen molar-refractivity contribution in [2.45, 2.75) is 19.3 Å². The zero-order valence-electron chi connectivity index (χ0n) is 16.1. The van der Waals surface area contributed by atoms with Crippen LogP contribution in [0.3, 0.4) is 0 Å². The minimum atomic E-state index is -1.26. The van der Waals surface area contributed by atoms with Gasteiger partial charge in [0, 0.05) is 37.2 Å². The quantitative estimate of drug-likeness (QED) is 0.548. The summed E-state index contributed by atoms with van der Waals surface area (Å²) >= 11 is 0. The average Bonchev–Trinajstić information content (AvgIpc) is 3.29. The van der Waals surface area contributed by atoms with Crippen LogP contribution >= 0.6 is 0 Å². The maximum absolute atomic E-state index is 12.9. The van der Waals surface area contributed by atoms with Gasteiger partial charge in [-0.05, 0) is 25.0 Å². The van der Waals surface area contributed by atoms with E-state index >= 15 is 0 Å². The number of nitrogens with one attached hydrogen (secondary N) is 1. The molecule has 0 radical (unpaired) electrons. The number of aromatic nitrogens is 4. The van der Waals surface area contributed by atoms with Crippen molar-refractivity contribution < 1.29 is 24.6 Å². The number of nitrogens with zero attached hydrogens (tertiary/aromatic N) is 3. The molecule has 1 aliphatic carbocycles. The Kier molecular flexibility index (Phi) is 5.95. The number of rotatable bonds is 3. The third-order valence-electron chi connectivity index (χ3n) is 4.89. The number of hydrogen-bond acceptors (Lipinski definition) is 5. The van der Waals surface area contributed by atoms with E-state index in [0.29, 0.717) is 24.1 Å². The molecule has 0 amide bonds. The topological polar surface area (TPSA) is 147 Å². The molecule has 30 heavy (non-hydrogen) atoms. The zero-order valence-corrected chi connectivity index (χ0v) is 16.1. The first kappa shape index (κ1) is 20.8. The predicted octanol–water partition coefficient (Wildman–Crippen LogP) is 1.22. The highest BCUT2D eigenvalue weighted by Gasteiger charge is 2.29. The lowest BCUT2D eigenvalue weighted by Crippen LogP contribution is -2.34. The molecule has 0 fully saturated rings. The molecule has 3 N–H and O–H groups in total. The molecular formula is C20H20N4O6. The second-order valence-electron chi connectivity index (χ2n) is 6.78. The molecule has 0 saturated carbocycles. The molecule has 2 heterocycles. The van der Waals surface area contributed by atoms with Crippen LogP contribution < -0.4 is 5.69 Å². The highest BCUT2D eigenvalue weighted by atomic mass is 16.4. The Labute approximate surface area is 170 Å². The van der Waals surface area contributed by atoms with E-state index in [1.165, 1.54) is 9.13 Å². The SMILES string of the molecule is Cn1c(=O)n(C(=O)C2CCc3nc[nH]c3C2)c2ccccc21.O=C(O)C=CC(=O)O.